The van der Waals surface area contributed by atoms with E-state index in [1.54, 1.807) is 0 Å². The van der Waals surface area contributed by atoms with Crippen LogP contribution in [-0.2, 0) is 28.1 Å². The van der Waals surface area contributed by atoms with Crippen molar-refractivity contribution in [1.29, 1.82) is 0 Å². The summed E-state index contributed by atoms with van der Waals surface area (Å²) in [5.74, 6) is 0. The fourth-order valence-corrected chi connectivity index (χ4v) is 2.65. The smallest absolute Gasteiger partial charge is 1.00 e. The van der Waals surface area contributed by atoms with Gasteiger partial charge in [-0.2, -0.15) is 35.9 Å². The van der Waals surface area contributed by atoms with Gasteiger partial charge in [-0.1, -0.05) is 42.3 Å². The first-order valence-electron chi connectivity index (χ1n) is 7.08. The molecule has 0 bridgehead atoms. The molecule has 116 valence electrons. The molecule has 4 rings (SSSR count). The van der Waals surface area contributed by atoms with Crippen LogP contribution >= 0.6 is 0 Å². The predicted molar refractivity (Wildman–Crippen MR) is 84.3 cm³/mol. The molecule has 0 fully saturated rings. The van der Waals surface area contributed by atoms with E-state index in [0.29, 0.717) is 0 Å². The van der Waals surface area contributed by atoms with Crippen LogP contribution in [0.15, 0.2) is 59.7 Å². The van der Waals surface area contributed by atoms with Crippen molar-refractivity contribution in [3.63, 3.8) is 0 Å². The van der Waals surface area contributed by atoms with E-state index >= 15 is 0 Å². The minimum absolute atomic E-state index is 0. The molecule has 0 N–H and O–H groups in total. The molecule has 0 unspecified atom stereocenters. The fraction of sp³-hybridized carbons (Fsp3) is 0.200. The number of benzene rings is 2. The van der Waals surface area contributed by atoms with Crippen LogP contribution in [0.5, 0.6) is 0 Å². The summed E-state index contributed by atoms with van der Waals surface area (Å²) in [7, 11) is 0. The van der Waals surface area contributed by atoms with Gasteiger partial charge in [0.1, 0.15) is 0 Å². The number of hydrogen-bond acceptors (Lipinski definition) is 0. The third kappa shape index (κ3) is 5.09. The molecule has 2 aliphatic rings. The summed E-state index contributed by atoms with van der Waals surface area (Å²) >= 11 is 0. The molecule has 0 spiro atoms. The molecule has 0 saturated heterocycles. The minimum atomic E-state index is 0. The quantitative estimate of drug-likeness (QED) is 0.354. The molecule has 0 radical (unpaired) electrons. The Balaban J connectivity index is 0.000000426. The standard InChI is InChI=1S/C13H9.C7H9.2ClH.Ti/c1-3-7-12-10(5-1)9-11-6-2-4-8-13(11)12;1-6-4-3-5-7(6)2;;;/h1-5,7-8H,9H2;4H,3H2,1-2H3;2*1H;/q2*-1;;;+4/p-2. The first kappa shape index (κ1) is 22.2. The monoisotopic (exact) mass is 376 g/mol. The van der Waals surface area contributed by atoms with Crippen molar-refractivity contribution in [2.45, 2.75) is 26.7 Å². The Kier molecular flexibility index (Phi) is 9.81. The molecule has 0 atom stereocenters. The Hall–Kier alpha value is -0.786. The van der Waals surface area contributed by atoms with Gasteiger partial charge in [-0.3, -0.25) is 6.08 Å². The summed E-state index contributed by atoms with van der Waals surface area (Å²) in [6, 6.07) is 18.1. The van der Waals surface area contributed by atoms with Crippen LogP contribution in [0.2, 0.25) is 0 Å². The maximum absolute atomic E-state index is 3.30. The van der Waals surface area contributed by atoms with E-state index in [1.165, 1.54) is 33.4 Å². The second kappa shape index (κ2) is 10.2. The molecule has 0 nitrogen and oxygen atoms in total. The molecule has 0 saturated carbocycles. The van der Waals surface area contributed by atoms with Gasteiger partial charge in [0.05, 0.1) is 0 Å². The molecule has 2 aromatic rings. The van der Waals surface area contributed by atoms with E-state index in [4.69, 9.17) is 0 Å². The van der Waals surface area contributed by atoms with Gasteiger partial charge in [-0.25, -0.2) is 11.1 Å². The Bertz CT molecular complexity index is 643. The summed E-state index contributed by atoms with van der Waals surface area (Å²) in [6.07, 6.45) is 7.46. The maximum atomic E-state index is 3.30. The molecule has 0 aliphatic heterocycles. The zero-order chi connectivity index (χ0) is 13.9. The van der Waals surface area contributed by atoms with Crippen LogP contribution in [0.3, 0.4) is 0 Å². The van der Waals surface area contributed by atoms with E-state index in [1.807, 2.05) is 6.07 Å². The molecule has 3 heteroatoms. The summed E-state index contributed by atoms with van der Waals surface area (Å²) in [5.41, 5.74) is 8.22. The van der Waals surface area contributed by atoms with Crippen molar-refractivity contribution >= 4 is 0 Å². The molecular weight excluding hydrogens is 359 g/mol. The average molecular weight is 377 g/mol. The normalized spacial score (nSPS) is 12.8. The van der Waals surface area contributed by atoms with Gasteiger partial charge in [0.25, 0.3) is 0 Å². The number of halogens is 2. The van der Waals surface area contributed by atoms with Gasteiger partial charge in [-0.15, -0.1) is 18.9 Å². The summed E-state index contributed by atoms with van der Waals surface area (Å²) in [6.45, 7) is 4.22. The van der Waals surface area contributed by atoms with E-state index in [9.17, 15) is 0 Å². The molecule has 23 heavy (non-hydrogen) atoms. The Morgan fingerprint density at radius 1 is 0.913 bits per heavy atom. The molecular formula is C20H18Cl2Ti. The fourth-order valence-electron chi connectivity index (χ4n) is 2.65. The number of rotatable bonds is 0. The minimum Gasteiger partial charge on any atom is -1.00 e. The van der Waals surface area contributed by atoms with Crippen molar-refractivity contribution < 1.29 is 46.5 Å². The molecule has 0 heterocycles. The third-order valence-electron chi connectivity index (χ3n) is 3.98. The van der Waals surface area contributed by atoms with E-state index in [0.717, 1.165) is 12.8 Å². The number of allylic oxidation sites excluding steroid dienone is 4. The summed E-state index contributed by atoms with van der Waals surface area (Å²) < 4.78 is 0. The van der Waals surface area contributed by atoms with Gasteiger partial charge in [-0.05, 0) is 6.42 Å². The van der Waals surface area contributed by atoms with Gasteiger partial charge in [0.15, 0.2) is 0 Å². The average Bonchev–Trinajstić information content (AvgIpc) is 3.03. The van der Waals surface area contributed by atoms with Crippen LogP contribution in [0.25, 0.3) is 11.1 Å². The van der Waals surface area contributed by atoms with Gasteiger partial charge < -0.3 is 24.8 Å². The van der Waals surface area contributed by atoms with Gasteiger partial charge in [0, 0.05) is 0 Å². The van der Waals surface area contributed by atoms with Crippen molar-refractivity contribution in [2.75, 3.05) is 0 Å². The topological polar surface area (TPSA) is 0 Å². The zero-order valence-corrected chi connectivity index (χ0v) is 16.4. The second-order valence-corrected chi connectivity index (χ2v) is 5.29. The summed E-state index contributed by atoms with van der Waals surface area (Å²) in [4.78, 5) is 0. The van der Waals surface area contributed by atoms with Crippen LogP contribution in [0, 0.1) is 12.1 Å². The molecule has 2 aromatic carbocycles. The predicted octanol–water partition coefficient (Wildman–Crippen LogP) is -0.851. The largest absolute Gasteiger partial charge is 4.00 e. The van der Waals surface area contributed by atoms with Crippen LogP contribution in [-0.4, -0.2) is 0 Å². The molecule has 0 amide bonds. The summed E-state index contributed by atoms with van der Waals surface area (Å²) in [5, 5.41) is 0. The van der Waals surface area contributed by atoms with Crippen LogP contribution in [0.4, 0.5) is 0 Å². The molecule has 2 aliphatic carbocycles. The van der Waals surface area contributed by atoms with Gasteiger partial charge in [0.2, 0.25) is 0 Å². The van der Waals surface area contributed by atoms with Crippen molar-refractivity contribution in [3.8, 4) is 11.1 Å². The van der Waals surface area contributed by atoms with E-state index < -0.39 is 0 Å². The number of fused-ring (bicyclic) bond motifs is 3. The van der Waals surface area contributed by atoms with Crippen molar-refractivity contribution in [3.05, 3.63) is 83.0 Å². The molecule has 0 aromatic heterocycles. The first-order valence-corrected chi connectivity index (χ1v) is 7.08. The third-order valence-corrected chi connectivity index (χ3v) is 3.98. The van der Waals surface area contributed by atoms with Crippen molar-refractivity contribution in [2.24, 2.45) is 0 Å². The Labute approximate surface area is 166 Å². The van der Waals surface area contributed by atoms with Crippen LogP contribution in [0.1, 0.15) is 31.4 Å². The SMILES string of the molecule is CC1=[C-]CC=C1C.[Cl-].[Cl-].[Ti+4].[c-]1cccc2c1Cc1ccccc1-2. The first-order chi connectivity index (χ1) is 9.75. The Morgan fingerprint density at radius 2 is 1.61 bits per heavy atom. The second-order valence-electron chi connectivity index (χ2n) is 5.29. The Morgan fingerprint density at radius 3 is 2.22 bits per heavy atom. The number of hydrogen-bond donors (Lipinski definition) is 0. The van der Waals surface area contributed by atoms with E-state index in [2.05, 4.69) is 68.5 Å². The zero-order valence-electron chi connectivity index (χ0n) is 13.3. The maximum Gasteiger partial charge on any atom is 4.00 e. The van der Waals surface area contributed by atoms with E-state index in [-0.39, 0.29) is 46.5 Å². The van der Waals surface area contributed by atoms with Crippen LogP contribution < -0.4 is 24.8 Å². The van der Waals surface area contributed by atoms with Crippen molar-refractivity contribution in [1.82, 2.24) is 0 Å². The van der Waals surface area contributed by atoms with Gasteiger partial charge >= 0.3 is 21.7 Å².